The lowest BCUT2D eigenvalue weighted by Crippen LogP contribution is -2.49. The highest BCUT2D eigenvalue weighted by molar-refractivity contribution is 5.94. The molecule has 3 nitrogen and oxygen atoms in total. The summed E-state index contributed by atoms with van der Waals surface area (Å²) < 4.78 is 27.9. The molecule has 0 aromatic heterocycles. The Morgan fingerprint density at radius 2 is 1.81 bits per heavy atom. The molecule has 0 saturated heterocycles. The van der Waals surface area contributed by atoms with Crippen molar-refractivity contribution >= 4 is 5.91 Å². The Balaban J connectivity index is 1.82. The first-order valence-electron chi connectivity index (χ1n) is 7.22. The average molecular weight is 294 g/mol. The maximum Gasteiger partial charge on any atom is 0.268 e. The highest BCUT2D eigenvalue weighted by atomic mass is 19.3. The van der Waals surface area contributed by atoms with Crippen LogP contribution >= 0.6 is 0 Å². The second-order valence-electron chi connectivity index (χ2n) is 6.62. The lowest BCUT2D eigenvalue weighted by molar-refractivity contribution is -0.127. The number of nitrogens with one attached hydrogen (secondary N) is 1. The summed E-state index contributed by atoms with van der Waals surface area (Å²) in [5.74, 6) is -3.48. The number of halogens is 2. The van der Waals surface area contributed by atoms with Gasteiger partial charge in [0.25, 0.3) is 5.92 Å². The van der Waals surface area contributed by atoms with E-state index in [0.717, 1.165) is 12.8 Å². The van der Waals surface area contributed by atoms with Gasteiger partial charge in [-0.25, -0.2) is 8.78 Å². The van der Waals surface area contributed by atoms with E-state index in [0.29, 0.717) is 12.1 Å². The van der Waals surface area contributed by atoms with Gasteiger partial charge in [0, 0.05) is 13.0 Å². The number of rotatable bonds is 5. The molecule has 0 spiro atoms. The van der Waals surface area contributed by atoms with Crippen LogP contribution < -0.4 is 5.32 Å². The van der Waals surface area contributed by atoms with Crippen LogP contribution in [0.1, 0.15) is 24.8 Å². The standard InChI is InChI=1S/C16H20F2N2O/c1-20(2)11-14(8-9-14)19-13(21)15(10-16(15,17)18)12-6-4-3-5-7-12/h3-7H,8-11H2,1-2H3,(H,19,21)/t15-/m0/s1. The summed E-state index contributed by atoms with van der Waals surface area (Å²) in [5, 5.41) is 2.89. The minimum atomic E-state index is -2.95. The fraction of sp³-hybridized carbons (Fsp3) is 0.562. The van der Waals surface area contributed by atoms with Crippen molar-refractivity contribution in [3.8, 4) is 0 Å². The third-order valence-corrected chi connectivity index (χ3v) is 4.49. The zero-order valence-electron chi connectivity index (χ0n) is 12.3. The fourth-order valence-electron chi connectivity index (χ4n) is 3.13. The van der Waals surface area contributed by atoms with E-state index < -0.39 is 23.7 Å². The van der Waals surface area contributed by atoms with Gasteiger partial charge in [0.1, 0.15) is 5.41 Å². The number of carbonyl (C=O) groups is 1. The Labute approximate surface area is 123 Å². The monoisotopic (exact) mass is 294 g/mol. The number of carbonyl (C=O) groups excluding carboxylic acids is 1. The van der Waals surface area contributed by atoms with Crippen molar-refractivity contribution in [2.75, 3.05) is 20.6 Å². The fourth-order valence-corrected chi connectivity index (χ4v) is 3.13. The third kappa shape index (κ3) is 2.33. The van der Waals surface area contributed by atoms with Crippen molar-refractivity contribution in [1.82, 2.24) is 10.2 Å². The summed E-state index contributed by atoms with van der Waals surface area (Å²) in [6.07, 6.45) is 1.31. The topological polar surface area (TPSA) is 32.3 Å². The highest BCUT2D eigenvalue weighted by Crippen LogP contribution is 2.62. The van der Waals surface area contributed by atoms with E-state index in [-0.39, 0.29) is 5.54 Å². The molecule has 0 heterocycles. The van der Waals surface area contributed by atoms with E-state index in [1.54, 1.807) is 30.3 Å². The summed E-state index contributed by atoms with van der Waals surface area (Å²) in [5.41, 5.74) is -1.58. The van der Waals surface area contributed by atoms with Crippen LogP contribution in [0.3, 0.4) is 0 Å². The van der Waals surface area contributed by atoms with E-state index in [9.17, 15) is 13.6 Å². The van der Waals surface area contributed by atoms with Gasteiger partial charge in [-0.1, -0.05) is 30.3 Å². The van der Waals surface area contributed by atoms with Crippen LogP contribution in [-0.4, -0.2) is 42.9 Å². The summed E-state index contributed by atoms with van der Waals surface area (Å²) in [7, 11) is 3.84. The van der Waals surface area contributed by atoms with E-state index in [2.05, 4.69) is 5.32 Å². The molecule has 1 amide bonds. The van der Waals surface area contributed by atoms with Gasteiger partial charge in [-0.2, -0.15) is 0 Å². The lowest BCUT2D eigenvalue weighted by Gasteiger charge is -2.25. The van der Waals surface area contributed by atoms with Crippen molar-refractivity contribution in [3.05, 3.63) is 35.9 Å². The quantitative estimate of drug-likeness (QED) is 0.902. The molecule has 2 aliphatic rings. The molecule has 0 unspecified atom stereocenters. The third-order valence-electron chi connectivity index (χ3n) is 4.49. The van der Waals surface area contributed by atoms with Gasteiger partial charge in [-0.3, -0.25) is 4.79 Å². The number of hydrogen-bond donors (Lipinski definition) is 1. The number of hydrogen-bond acceptors (Lipinski definition) is 2. The molecule has 1 atom stereocenters. The molecule has 5 heteroatoms. The van der Waals surface area contributed by atoms with Gasteiger partial charge in [0.15, 0.2) is 0 Å². The van der Waals surface area contributed by atoms with Crippen LogP contribution in [0.25, 0.3) is 0 Å². The molecule has 2 saturated carbocycles. The predicted molar refractivity (Wildman–Crippen MR) is 76.3 cm³/mol. The van der Waals surface area contributed by atoms with E-state index >= 15 is 0 Å². The van der Waals surface area contributed by atoms with Gasteiger partial charge in [-0.15, -0.1) is 0 Å². The highest BCUT2D eigenvalue weighted by Gasteiger charge is 2.77. The zero-order valence-corrected chi connectivity index (χ0v) is 12.3. The average Bonchev–Trinajstić information content (AvgIpc) is 3.27. The predicted octanol–water partition coefficient (Wildman–Crippen LogP) is 2.17. The number of likely N-dealkylation sites (N-methyl/N-ethyl adjacent to an activating group) is 1. The zero-order chi connectivity index (χ0) is 15.3. The van der Waals surface area contributed by atoms with Crippen molar-refractivity contribution in [2.45, 2.75) is 36.1 Å². The molecular formula is C16H20F2N2O. The first-order valence-corrected chi connectivity index (χ1v) is 7.22. The summed E-state index contributed by atoms with van der Waals surface area (Å²) >= 11 is 0. The minimum absolute atomic E-state index is 0.318. The number of alkyl halides is 2. The van der Waals surface area contributed by atoms with Crippen LogP contribution in [0.4, 0.5) is 8.78 Å². The second kappa shape index (κ2) is 4.50. The van der Waals surface area contributed by atoms with Gasteiger partial charge < -0.3 is 10.2 Å². The van der Waals surface area contributed by atoms with Crippen LogP contribution in [0, 0.1) is 0 Å². The lowest BCUT2D eigenvalue weighted by atomic mass is 9.93. The molecule has 3 rings (SSSR count). The Morgan fingerprint density at radius 3 is 2.24 bits per heavy atom. The molecule has 0 bridgehead atoms. The molecule has 0 aliphatic heterocycles. The Kier molecular flexibility index (Phi) is 3.10. The van der Waals surface area contributed by atoms with Crippen LogP contribution in [0.5, 0.6) is 0 Å². The molecular weight excluding hydrogens is 274 g/mol. The van der Waals surface area contributed by atoms with Crippen molar-refractivity contribution in [3.63, 3.8) is 0 Å². The van der Waals surface area contributed by atoms with Crippen molar-refractivity contribution in [1.29, 1.82) is 0 Å². The SMILES string of the molecule is CN(C)CC1(NC(=O)[C@@]2(c3ccccc3)CC2(F)F)CC1. The summed E-state index contributed by atoms with van der Waals surface area (Å²) in [6, 6.07) is 8.40. The number of amides is 1. The van der Waals surface area contributed by atoms with Gasteiger partial charge >= 0.3 is 0 Å². The molecule has 1 aromatic rings. The normalized spacial score (nSPS) is 28.2. The van der Waals surface area contributed by atoms with Crippen LogP contribution in [0.2, 0.25) is 0 Å². The van der Waals surface area contributed by atoms with Crippen molar-refractivity contribution in [2.24, 2.45) is 0 Å². The smallest absolute Gasteiger partial charge is 0.268 e. The molecule has 2 fully saturated rings. The largest absolute Gasteiger partial charge is 0.348 e. The number of nitrogens with zero attached hydrogens (tertiary/aromatic N) is 1. The summed E-state index contributed by atoms with van der Waals surface area (Å²) in [6.45, 7) is 0.690. The summed E-state index contributed by atoms with van der Waals surface area (Å²) in [4.78, 5) is 14.6. The Morgan fingerprint density at radius 1 is 1.24 bits per heavy atom. The van der Waals surface area contributed by atoms with Gasteiger partial charge in [0.2, 0.25) is 5.91 Å². The Bertz CT molecular complexity index is 555. The molecule has 1 aromatic carbocycles. The Hall–Kier alpha value is -1.49. The maximum atomic E-state index is 14.0. The first kappa shape index (κ1) is 14.4. The molecule has 2 aliphatic carbocycles. The van der Waals surface area contributed by atoms with Crippen LogP contribution in [0.15, 0.2) is 30.3 Å². The number of benzene rings is 1. The van der Waals surface area contributed by atoms with E-state index in [1.165, 1.54) is 0 Å². The van der Waals surface area contributed by atoms with Gasteiger partial charge in [0.05, 0.1) is 5.54 Å². The molecule has 21 heavy (non-hydrogen) atoms. The van der Waals surface area contributed by atoms with E-state index in [1.807, 2.05) is 19.0 Å². The first-order chi connectivity index (χ1) is 9.81. The molecule has 1 N–H and O–H groups in total. The van der Waals surface area contributed by atoms with Crippen molar-refractivity contribution < 1.29 is 13.6 Å². The minimum Gasteiger partial charge on any atom is -0.348 e. The maximum absolute atomic E-state index is 14.0. The van der Waals surface area contributed by atoms with E-state index in [4.69, 9.17) is 0 Å². The molecule has 0 radical (unpaired) electrons. The van der Waals surface area contributed by atoms with Gasteiger partial charge in [-0.05, 0) is 32.5 Å². The second-order valence-corrected chi connectivity index (χ2v) is 6.62. The van der Waals surface area contributed by atoms with Crippen LogP contribution in [-0.2, 0) is 10.2 Å². The molecule has 114 valence electrons.